The van der Waals surface area contributed by atoms with Crippen molar-refractivity contribution in [3.8, 4) is 11.1 Å². The SMILES string of the molecule is CCNC(=O)Nc1ccc2cc1-2.OBO. The lowest BCUT2D eigenvalue weighted by Crippen LogP contribution is -2.27. The lowest BCUT2D eigenvalue weighted by molar-refractivity contribution is 0.252. The van der Waals surface area contributed by atoms with E-state index >= 15 is 0 Å². The van der Waals surface area contributed by atoms with Crippen LogP contribution in [-0.4, -0.2) is 30.3 Å². The first kappa shape index (κ1) is 11.5. The summed E-state index contributed by atoms with van der Waals surface area (Å²) in [7, 11) is -0.750. The maximum Gasteiger partial charge on any atom is 0.432 e. The number of nitrogens with one attached hydrogen (secondary N) is 2. The molecule has 0 aromatic heterocycles. The smallest absolute Gasteiger partial charge is 0.430 e. The summed E-state index contributed by atoms with van der Waals surface area (Å²) in [6.07, 6.45) is 0. The number of carbonyl (C=O) groups excluding carboxylic acids is 1. The average Bonchev–Trinajstić information content (AvgIpc) is 2.86. The zero-order chi connectivity index (χ0) is 11.3. The fourth-order valence-electron chi connectivity index (χ4n) is 1.19. The Bertz CT molecular complexity index is 357. The molecule has 0 spiro atoms. The first-order chi connectivity index (χ1) is 7.22. The van der Waals surface area contributed by atoms with E-state index in [9.17, 15) is 4.79 Å². The topological polar surface area (TPSA) is 81.6 Å². The summed E-state index contributed by atoms with van der Waals surface area (Å²) in [5.41, 5.74) is 3.32. The van der Waals surface area contributed by atoms with E-state index in [2.05, 4.69) is 10.6 Å². The summed E-state index contributed by atoms with van der Waals surface area (Å²) < 4.78 is 0. The van der Waals surface area contributed by atoms with Gasteiger partial charge in [-0.05, 0) is 24.6 Å². The van der Waals surface area contributed by atoms with Crippen LogP contribution in [0.5, 0.6) is 0 Å². The van der Waals surface area contributed by atoms with Crippen molar-refractivity contribution in [2.45, 2.75) is 6.92 Å². The highest BCUT2D eigenvalue weighted by Crippen LogP contribution is 2.41. The largest absolute Gasteiger partial charge is 0.432 e. The summed E-state index contributed by atoms with van der Waals surface area (Å²) in [6, 6.07) is 5.82. The van der Waals surface area contributed by atoms with Gasteiger partial charge >= 0.3 is 13.7 Å². The Kier molecular flexibility index (Phi) is 4.14. The van der Waals surface area contributed by atoms with Crippen LogP contribution >= 0.6 is 0 Å². The number of rotatable bonds is 2. The molecule has 0 aliphatic heterocycles. The number of anilines is 1. The van der Waals surface area contributed by atoms with E-state index in [1.807, 2.05) is 25.1 Å². The number of urea groups is 1. The summed E-state index contributed by atoms with van der Waals surface area (Å²) >= 11 is 0. The lowest BCUT2D eigenvalue weighted by Gasteiger charge is -2.02. The average molecular weight is 208 g/mol. The summed E-state index contributed by atoms with van der Waals surface area (Å²) in [4.78, 5) is 11.0. The maximum atomic E-state index is 11.0. The minimum Gasteiger partial charge on any atom is -0.430 e. The predicted octanol–water partition coefficient (Wildman–Crippen LogP) is 0.0459. The van der Waals surface area contributed by atoms with Crippen LogP contribution in [-0.2, 0) is 0 Å². The van der Waals surface area contributed by atoms with E-state index in [-0.39, 0.29) is 6.03 Å². The van der Waals surface area contributed by atoms with Crippen molar-refractivity contribution in [3.05, 3.63) is 18.2 Å². The molecule has 6 heteroatoms. The Hall–Kier alpha value is -1.53. The molecule has 15 heavy (non-hydrogen) atoms. The van der Waals surface area contributed by atoms with E-state index in [1.54, 1.807) is 0 Å². The molecule has 4 N–H and O–H groups in total. The molecule has 2 aliphatic rings. The van der Waals surface area contributed by atoms with Gasteiger partial charge in [-0.1, -0.05) is 6.07 Å². The minimum absolute atomic E-state index is 0.133. The molecule has 0 fully saturated rings. The Balaban J connectivity index is 0.000000337. The number of benzene rings is 1. The number of amides is 2. The van der Waals surface area contributed by atoms with Crippen molar-refractivity contribution >= 4 is 19.4 Å². The van der Waals surface area contributed by atoms with Gasteiger partial charge in [0, 0.05) is 12.1 Å². The molecule has 0 atom stereocenters. The van der Waals surface area contributed by atoms with Crippen LogP contribution < -0.4 is 10.6 Å². The zero-order valence-electron chi connectivity index (χ0n) is 8.45. The van der Waals surface area contributed by atoms with Crippen LogP contribution in [0.25, 0.3) is 11.1 Å². The Morgan fingerprint density at radius 1 is 1.47 bits per heavy atom. The van der Waals surface area contributed by atoms with Crippen molar-refractivity contribution < 1.29 is 14.8 Å². The first-order valence-electron chi connectivity index (χ1n) is 4.64. The maximum absolute atomic E-state index is 11.0. The molecule has 0 heterocycles. The third-order valence-corrected chi connectivity index (χ3v) is 1.83. The highest BCUT2D eigenvalue weighted by atomic mass is 16.4. The highest BCUT2D eigenvalue weighted by molar-refractivity contribution is 6.13. The van der Waals surface area contributed by atoms with Gasteiger partial charge in [0.05, 0.1) is 5.69 Å². The van der Waals surface area contributed by atoms with E-state index in [0.717, 1.165) is 5.69 Å². The van der Waals surface area contributed by atoms with E-state index < -0.39 is 7.69 Å². The zero-order valence-corrected chi connectivity index (χ0v) is 8.45. The second-order valence-electron chi connectivity index (χ2n) is 2.89. The van der Waals surface area contributed by atoms with Gasteiger partial charge in [-0.3, -0.25) is 0 Å². The molecule has 2 aliphatic carbocycles. The number of carbonyl (C=O) groups is 1. The van der Waals surface area contributed by atoms with Crippen LogP contribution in [0.4, 0.5) is 10.5 Å². The van der Waals surface area contributed by atoms with Crippen LogP contribution in [0.1, 0.15) is 6.92 Å². The molecular weight excluding hydrogens is 195 g/mol. The number of fused-ring (bicyclic) bond motifs is 1. The standard InChI is InChI=1S/C9H10N2O.BH3O2/c1-2-10-9(12)11-8-4-3-6-5-7(6)8;2-1-3/h3-5H,2H2,1H3,(H2,10,11,12);1-3H. The van der Waals surface area contributed by atoms with Gasteiger partial charge in [-0.25, -0.2) is 4.79 Å². The molecule has 0 radical (unpaired) electrons. The second-order valence-corrected chi connectivity index (χ2v) is 2.89. The molecule has 0 aromatic rings. The van der Waals surface area contributed by atoms with Gasteiger partial charge in [-0.2, -0.15) is 0 Å². The Labute approximate surface area is 88.4 Å². The third kappa shape index (κ3) is 3.27. The molecule has 0 saturated heterocycles. The van der Waals surface area contributed by atoms with Crippen LogP contribution in [0.15, 0.2) is 18.2 Å². The van der Waals surface area contributed by atoms with Crippen molar-refractivity contribution in [3.63, 3.8) is 0 Å². The fraction of sp³-hybridized carbons (Fsp3) is 0.222. The van der Waals surface area contributed by atoms with Crippen LogP contribution in [0.3, 0.4) is 0 Å². The normalized spacial score (nSPS) is 9.53. The monoisotopic (exact) mass is 208 g/mol. The van der Waals surface area contributed by atoms with Crippen molar-refractivity contribution in [1.29, 1.82) is 0 Å². The third-order valence-electron chi connectivity index (χ3n) is 1.83. The van der Waals surface area contributed by atoms with Gasteiger partial charge in [-0.15, -0.1) is 0 Å². The summed E-state index contributed by atoms with van der Waals surface area (Å²) in [6.45, 7) is 2.54. The molecule has 80 valence electrons. The highest BCUT2D eigenvalue weighted by Gasteiger charge is 2.17. The molecular formula is C9H13BN2O3. The lowest BCUT2D eigenvalue weighted by atomic mass is 10.4. The van der Waals surface area contributed by atoms with Crippen molar-refractivity contribution in [2.75, 3.05) is 11.9 Å². The predicted molar refractivity (Wildman–Crippen MR) is 59.7 cm³/mol. The van der Waals surface area contributed by atoms with Crippen LogP contribution in [0, 0.1) is 0 Å². The molecule has 0 unspecified atom stereocenters. The molecule has 0 bridgehead atoms. The Morgan fingerprint density at radius 3 is 2.53 bits per heavy atom. The Morgan fingerprint density at radius 2 is 2.13 bits per heavy atom. The van der Waals surface area contributed by atoms with Crippen LogP contribution in [0.2, 0.25) is 0 Å². The van der Waals surface area contributed by atoms with E-state index in [4.69, 9.17) is 10.0 Å². The first-order valence-corrected chi connectivity index (χ1v) is 4.64. The van der Waals surface area contributed by atoms with Gasteiger partial charge in [0.2, 0.25) is 0 Å². The molecule has 2 amide bonds. The van der Waals surface area contributed by atoms with Crippen molar-refractivity contribution in [2.24, 2.45) is 0 Å². The molecule has 0 saturated carbocycles. The minimum atomic E-state index is -0.750. The van der Waals surface area contributed by atoms with Crippen molar-refractivity contribution in [1.82, 2.24) is 5.32 Å². The number of hydrogen-bond acceptors (Lipinski definition) is 3. The summed E-state index contributed by atoms with van der Waals surface area (Å²) in [5, 5.41) is 19.7. The van der Waals surface area contributed by atoms with Gasteiger partial charge in [0.1, 0.15) is 0 Å². The van der Waals surface area contributed by atoms with Gasteiger partial charge < -0.3 is 20.7 Å². The molecule has 2 rings (SSSR count). The quantitative estimate of drug-likeness (QED) is 0.526. The van der Waals surface area contributed by atoms with E-state index in [0.29, 0.717) is 6.54 Å². The fourth-order valence-corrected chi connectivity index (χ4v) is 1.19. The molecule has 5 nitrogen and oxygen atoms in total. The molecule has 0 aromatic carbocycles. The van der Waals surface area contributed by atoms with E-state index in [1.165, 1.54) is 11.1 Å². The van der Waals surface area contributed by atoms with Gasteiger partial charge in [0.25, 0.3) is 0 Å². The van der Waals surface area contributed by atoms with Gasteiger partial charge in [0.15, 0.2) is 0 Å². The summed E-state index contributed by atoms with van der Waals surface area (Å²) in [5.74, 6) is 0. The second kappa shape index (κ2) is 5.38. The number of hydrogen-bond donors (Lipinski definition) is 4.